The standard InChI is InChI=1S/C15H18ClFN4/c1-20-9-11(8-19-20)7-18-12-4-5-21(10-12)13-2-3-15(17)14(16)6-13/h2-3,6,8-9,12,18H,4-5,7,10H2,1H3/t12-/m0/s1. The van der Waals surface area contributed by atoms with Gasteiger partial charge in [0, 0.05) is 50.2 Å². The smallest absolute Gasteiger partial charge is 0.141 e. The summed E-state index contributed by atoms with van der Waals surface area (Å²) in [6.07, 6.45) is 4.95. The highest BCUT2D eigenvalue weighted by molar-refractivity contribution is 6.31. The topological polar surface area (TPSA) is 33.1 Å². The summed E-state index contributed by atoms with van der Waals surface area (Å²) in [5, 5.41) is 7.87. The summed E-state index contributed by atoms with van der Waals surface area (Å²) in [7, 11) is 1.92. The van der Waals surface area contributed by atoms with Crippen molar-refractivity contribution in [2.45, 2.75) is 19.0 Å². The summed E-state index contributed by atoms with van der Waals surface area (Å²) in [4.78, 5) is 2.23. The van der Waals surface area contributed by atoms with Gasteiger partial charge in [0.25, 0.3) is 0 Å². The molecular weight excluding hydrogens is 291 g/mol. The minimum atomic E-state index is -0.370. The van der Waals surface area contributed by atoms with Crippen molar-refractivity contribution < 1.29 is 4.39 Å². The molecule has 4 nitrogen and oxygen atoms in total. The number of rotatable bonds is 4. The Kier molecular flexibility index (Phi) is 4.12. The number of nitrogens with one attached hydrogen (secondary N) is 1. The zero-order valence-electron chi connectivity index (χ0n) is 11.9. The number of hydrogen-bond acceptors (Lipinski definition) is 3. The Morgan fingerprint density at radius 1 is 1.48 bits per heavy atom. The van der Waals surface area contributed by atoms with Crippen molar-refractivity contribution in [1.29, 1.82) is 0 Å². The van der Waals surface area contributed by atoms with Crippen LogP contribution in [0.3, 0.4) is 0 Å². The van der Waals surface area contributed by atoms with Crippen LogP contribution in [0.15, 0.2) is 30.6 Å². The number of aryl methyl sites for hydroxylation is 1. The number of hydrogen-bond donors (Lipinski definition) is 1. The molecule has 0 unspecified atom stereocenters. The van der Waals surface area contributed by atoms with Gasteiger partial charge in [0.05, 0.1) is 11.2 Å². The maximum Gasteiger partial charge on any atom is 0.141 e. The van der Waals surface area contributed by atoms with Crippen LogP contribution in [0.4, 0.5) is 10.1 Å². The Bertz CT molecular complexity index is 628. The summed E-state index contributed by atoms with van der Waals surface area (Å²) >= 11 is 5.85. The lowest BCUT2D eigenvalue weighted by Gasteiger charge is -2.19. The highest BCUT2D eigenvalue weighted by Crippen LogP contribution is 2.25. The van der Waals surface area contributed by atoms with Crippen LogP contribution in [-0.4, -0.2) is 28.9 Å². The van der Waals surface area contributed by atoms with E-state index in [1.807, 2.05) is 19.4 Å². The Hall–Kier alpha value is -1.59. The Balaban J connectivity index is 1.56. The quantitative estimate of drug-likeness (QED) is 0.942. The molecule has 112 valence electrons. The summed E-state index contributed by atoms with van der Waals surface area (Å²) in [5.41, 5.74) is 2.16. The van der Waals surface area contributed by atoms with Crippen LogP contribution in [0.2, 0.25) is 5.02 Å². The number of halogens is 2. The predicted octanol–water partition coefficient (Wildman–Crippen LogP) is 2.58. The average Bonchev–Trinajstić information content (AvgIpc) is 3.08. The molecule has 0 bridgehead atoms. The molecule has 1 atom stereocenters. The largest absolute Gasteiger partial charge is 0.370 e. The Morgan fingerprint density at radius 3 is 3.05 bits per heavy atom. The third-order valence-electron chi connectivity index (χ3n) is 3.81. The summed E-state index contributed by atoms with van der Waals surface area (Å²) in [6.45, 7) is 2.67. The fourth-order valence-electron chi connectivity index (χ4n) is 2.67. The molecule has 1 aromatic carbocycles. The third-order valence-corrected chi connectivity index (χ3v) is 4.10. The number of nitrogens with zero attached hydrogens (tertiary/aromatic N) is 3. The lowest BCUT2D eigenvalue weighted by molar-refractivity contribution is 0.551. The molecule has 0 aliphatic carbocycles. The van der Waals surface area contributed by atoms with E-state index in [2.05, 4.69) is 15.3 Å². The maximum atomic E-state index is 13.2. The molecule has 2 heterocycles. The molecule has 21 heavy (non-hydrogen) atoms. The first-order chi connectivity index (χ1) is 10.1. The second kappa shape index (κ2) is 6.03. The highest BCUT2D eigenvalue weighted by atomic mass is 35.5. The molecule has 1 N–H and O–H groups in total. The van der Waals surface area contributed by atoms with Crippen molar-refractivity contribution in [2.24, 2.45) is 7.05 Å². The van der Waals surface area contributed by atoms with Crippen LogP contribution < -0.4 is 10.2 Å². The van der Waals surface area contributed by atoms with Crippen molar-refractivity contribution >= 4 is 17.3 Å². The number of aromatic nitrogens is 2. The number of benzene rings is 1. The van der Waals surface area contributed by atoms with E-state index in [-0.39, 0.29) is 10.8 Å². The zero-order chi connectivity index (χ0) is 14.8. The summed E-state index contributed by atoms with van der Waals surface area (Å²) in [5.74, 6) is -0.370. The molecule has 0 spiro atoms. The van der Waals surface area contributed by atoms with Crippen LogP contribution >= 0.6 is 11.6 Å². The van der Waals surface area contributed by atoms with E-state index in [1.54, 1.807) is 16.8 Å². The van der Waals surface area contributed by atoms with Crippen molar-refractivity contribution in [2.75, 3.05) is 18.0 Å². The van der Waals surface area contributed by atoms with Gasteiger partial charge in [-0.05, 0) is 24.6 Å². The van der Waals surface area contributed by atoms with E-state index in [0.717, 1.165) is 31.7 Å². The fraction of sp³-hybridized carbons (Fsp3) is 0.400. The average molecular weight is 309 g/mol. The summed E-state index contributed by atoms with van der Waals surface area (Å²) < 4.78 is 15.0. The molecule has 3 rings (SSSR count). The van der Waals surface area contributed by atoms with Gasteiger partial charge in [-0.25, -0.2) is 4.39 Å². The van der Waals surface area contributed by atoms with E-state index in [0.29, 0.717) is 6.04 Å². The van der Waals surface area contributed by atoms with E-state index in [9.17, 15) is 4.39 Å². The fourth-order valence-corrected chi connectivity index (χ4v) is 2.84. The minimum absolute atomic E-state index is 0.180. The first-order valence-corrected chi connectivity index (χ1v) is 7.40. The van der Waals surface area contributed by atoms with Crippen LogP contribution in [-0.2, 0) is 13.6 Å². The highest BCUT2D eigenvalue weighted by Gasteiger charge is 2.22. The molecule has 1 fully saturated rings. The maximum absolute atomic E-state index is 13.2. The van der Waals surface area contributed by atoms with E-state index >= 15 is 0 Å². The van der Waals surface area contributed by atoms with Crippen LogP contribution in [0, 0.1) is 5.82 Å². The van der Waals surface area contributed by atoms with Gasteiger partial charge in [-0.1, -0.05) is 11.6 Å². The first-order valence-electron chi connectivity index (χ1n) is 7.03. The molecule has 1 aromatic heterocycles. The van der Waals surface area contributed by atoms with Crippen molar-refractivity contribution in [3.05, 3.63) is 47.0 Å². The van der Waals surface area contributed by atoms with E-state index < -0.39 is 0 Å². The second-order valence-electron chi connectivity index (χ2n) is 5.43. The molecule has 6 heteroatoms. The Morgan fingerprint density at radius 2 is 2.33 bits per heavy atom. The van der Waals surface area contributed by atoms with E-state index in [1.165, 1.54) is 11.6 Å². The van der Waals surface area contributed by atoms with Gasteiger partial charge in [0.15, 0.2) is 0 Å². The molecular formula is C15H18ClFN4. The molecule has 1 saturated heterocycles. The molecule has 0 radical (unpaired) electrons. The van der Waals surface area contributed by atoms with Crippen LogP contribution in [0.25, 0.3) is 0 Å². The zero-order valence-corrected chi connectivity index (χ0v) is 12.6. The van der Waals surface area contributed by atoms with Gasteiger partial charge in [0.2, 0.25) is 0 Å². The molecule has 2 aromatic rings. The van der Waals surface area contributed by atoms with Gasteiger partial charge in [0.1, 0.15) is 5.82 Å². The van der Waals surface area contributed by atoms with Gasteiger partial charge in [-0.2, -0.15) is 5.10 Å². The molecule has 0 saturated carbocycles. The van der Waals surface area contributed by atoms with Crippen molar-refractivity contribution in [3.63, 3.8) is 0 Å². The van der Waals surface area contributed by atoms with Gasteiger partial charge in [-0.15, -0.1) is 0 Å². The monoisotopic (exact) mass is 308 g/mol. The van der Waals surface area contributed by atoms with Crippen molar-refractivity contribution in [3.8, 4) is 0 Å². The first kappa shape index (κ1) is 14.4. The molecule has 1 aliphatic heterocycles. The minimum Gasteiger partial charge on any atom is -0.370 e. The van der Waals surface area contributed by atoms with Crippen LogP contribution in [0.1, 0.15) is 12.0 Å². The number of anilines is 1. The molecule has 0 amide bonds. The van der Waals surface area contributed by atoms with Gasteiger partial charge >= 0.3 is 0 Å². The second-order valence-corrected chi connectivity index (χ2v) is 5.84. The molecule has 1 aliphatic rings. The van der Waals surface area contributed by atoms with E-state index in [4.69, 9.17) is 11.6 Å². The normalized spacial score (nSPS) is 18.4. The summed E-state index contributed by atoms with van der Waals surface area (Å²) in [6, 6.07) is 5.33. The SMILES string of the molecule is Cn1cc(CN[C@H]2CCN(c3ccc(F)c(Cl)c3)C2)cn1. The van der Waals surface area contributed by atoms with Crippen LogP contribution in [0.5, 0.6) is 0 Å². The Labute approximate surface area is 128 Å². The third kappa shape index (κ3) is 3.36. The lowest BCUT2D eigenvalue weighted by atomic mass is 10.2. The van der Waals surface area contributed by atoms with Gasteiger partial charge < -0.3 is 10.2 Å². The van der Waals surface area contributed by atoms with Gasteiger partial charge in [-0.3, -0.25) is 4.68 Å². The van der Waals surface area contributed by atoms with Crippen molar-refractivity contribution in [1.82, 2.24) is 15.1 Å². The predicted molar refractivity (Wildman–Crippen MR) is 82.1 cm³/mol. The lowest BCUT2D eigenvalue weighted by Crippen LogP contribution is -2.32.